The van der Waals surface area contributed by atoms with Crippen molar-refractivity contribution in [3.05, 3.63) is 59.8 Å². The molecule has 0 aromatic carbocycles. The fourth-order valence-corrected chi connectivity index (χ4v) is 3.24. The van der Waals surface area contributed by atoms with E-state index in [0.29, 0.717) is 6.54 Å². The molecular formula is C17H16N6S. The van der Waals surface area contributed by atoms with Crippen LogP contribution in [-0.4, -0.2) is 24.7 Å². The van der Waals surface area contributed by atoms with Crippen molar-refractivity contribution in [2.45, 2.75) is 19.9 Å². The van der Waals surface area contributed by atoms with Gasteiger partial charge in [0.25, 0.3) is 0 Å². The molecule has 0 saturated heterocycles. The van der Waals surface area contributed by atoms with Gasteiger partial charge in [-0.25, -0.2) is 9.97 Å². The van der Waals surface area contributed by atoms with E-state index in [9.17, 15) is 0 Å². The van der Waals surface area contributed by atoms with Gasteiger partial charge >= 0.3 is 0 Å². The molecule has 0 fully saturated rings. The van der Waals surface area contributed by atoms with Crippen molar-refractivity contribution in [2.24, 2.45) is 0 Å². The number of nitrogens with zero attached hydrogens (tertiary/aromatic N) is 5. The van der Waals surface area contributed by atoms with Crippen molar-refractivity contribution in [1.29, 1.82) is 0 Å². The third kappa shape index (κ3) is 2.98. The van der Waals surface area contributed by atoms with Gasteiger partial charge in [0.2, 0.25) is 0 Å². The zero-order chi connectivity index (χ0) is 16.4. The molecule has 0 radical (unpaired) electrons. The molecule has 0 bridgehead atoms. The highest BCUT2D eigenvalue weighted by Crippen LogP contribution is 2.27. The smallest absolute Gasteiger partial charge is 0.142 e. The largest absolute Gasteiger partial charge is 0.337 e. The van der Waals surface area contributed by atoms with Crippen molar-refractivity contribution < 1.29 is 0 Å². The number of hydrogen-bond acceptors (Lipinski definition) is 6. The lowest BCUT2D eigenvalue weighted by molar-refractivity contribution is 0.673. The molecular weight excluding hydrogens is 320 g/mol. The number of aromatic nitrogens is 5. The van der Waals surface area contributed by atoms with E-state index in [4.69, 9.17) is 0 Å². The Hall–Kier alpha value is -2.80. The van der Waals surface area contributed by atoms with Gasteiger partial charge in [0.1, 0.15) is 16.5 Å². The molecule has 0 aliphatic heterocycles. The minimum Gasteiger partial charge on any atom is -0.337 e. The van der Waals surface area contributed by atoms with E-state index in [-0.39, 0.29) is 0 Å². The van der Waals surface area contributed by atoms with Crippen molar-refractivity contribution in [3.8, 4) is 0 Å². The first-order valence-corrected chi connectivity index (χ1v) is 8.63. The van der Waals surface area contributed by atoms with Crippen molar-refractivity contribution in [1.82, 2.24) is 24.7 Å². The molecule has 0 spiro atoms. The van der Waals surface area contributed by atoms with Crippen LogP contribution >= 0.6 is 11.3 Å². The summed E-state index contributed by atoms with van der Waals surface area (Å²) in [6.45, 7) is 2.70. The molecule has 120 valence electrons. The van der Waals surface area contributed by atoms with Crippen LogP contribution in [0.4, 0.5) is 11.5 Å². The Kier molecular flexibility index (Phi) is 3.92. The second-order valence-corrected chi connectivity index (χ2v) is 6.25. The van der Waals surface area contributed by atoms with E-state index < -0.39 is 0 Å². The van der Waals surface area contributed by atoms with Crippen molar-refractivity contribution >= 4 is 33.1 Å². The van der Waals surface area contributed by atoms with Crippen molar-refractivity contribution in [3.63, 3.8) is 0 Å². The van der Waals surface area contributed by atoms with Crippen LogP contribution in [0.5, 0.6) is 0 Å². The highest BCUT2D eigenvalue weighted by Gasteiger charge is 2.09. The molecule has 0 unspecified atom stereocenters. The number of aryl methyl sites for hydroxylation is 1. The predicted octanol–water partition coefficient (Wildman–Crippen LogP) is 3.64. The fraction of sp³-hybridized carbons (Fsp3) is 0.176. The molecule has 6 nitrogen and oxygen atoms in total. The fourth-order valence-electron chi connectivity index (χ4n) is 2.46. The van der Waals surface area contributed by atoms with E-state index in [1.54, 1.807) is 23.7 Å². The molecule has 0 aliphatic rings. The van der Waals surface area contributed by atoms with Gasteiger partial charge in [0.05, 0.1) is 29.5 Å². The molecule has 0 atom stereocenters. The number of pyridine rings is 1. The maximum absolute atomic E-state index is 4.62. The van der Waals surface area contributed by atoms with Crippen LogP contribution < -0.4 is 5.32 Å². The lowest BCUT2D eigenvalue weighted by Crippen LogP contribution is -2.01. The third-order valence-electron chi connectivity index (χ3n) is 3.63. The summed E-state index contributed by atoms with van der Waals surface area (Å²) >= 11 is 1.63. The Morgan fingerprint density at radius 3 is 3.00 bits per heavy atom. The SMILES string of the molecule is CCc1nc(Nc2cnn(Cc3ccccn3)c2)c2ccsc2n1. The Morgan fingerprint density at radius 1 is 1.21 bits per heavy atom. The number of hydrogen-bond donors (Lipinski definition) is 1. The zero-order valence-corrected chi connectivity index (χ0v) is 14.0. The van der Waals surface area contributed by atoms with Crippen LogP contribution in [-0.2, 0) is 13.0 Å². The molecule has 7 heteroatoms. The van der Waals surface area contributed by atoms with Crippen LogP contribution in [0.3, 0.4) is 0 Å². The Balaban J connectivity index is 1.59. The topological polar surface area (TPSA) is 68.5 Å². The summed E-state index contributed by atoms with van der Waals surface area (Å²) in [5.74, 6) is 1.67. The highest BCUT2D eigenvalue weighted by molar-refractivity contribution is 7.16. The van der Waals surface area contributed by atoms with Crippen LogP contribution in [0.15, 0.2) is 48.2 Å². The van der Waals surface area contributed by atoms with E-state index >= 15 is 0 Å². The minimum absolute atomic E-state index is 0.639. The Bertz CT molecular complexity index is 960. The summed E-state index contributed by atoms with van der Waals surface area (Å²) in [6, 6.07) is 7.92. The molecule has 4 aromatic heterocycles. The second kappa shape index (κ2) is 6.37. The average molecular weight is 336 g/mol. The molecule has 1 N–H and O–H groups in total. The zero-order valence-electron chi connectivity index (χ0n) is 13.2. The Morgan fingerprint density at radius 2 is 2.17 bits per heavy atom. The molecule has 4 rings (SSSR count). The molecule has 0 aliphatic carbocycles. The normalized spacial score (nSPS) is 11.0. The number of rotatable bonds is 5. The van der Waals surface area contributed by atoms with Crippen LogP contribution in [0.2, 0.25) is 0 Å². The van der Waals surface area contributed by atoms with Crippen LogP contribution in [0, 0.1) is 0 Å². The molecule has 4 heterocycles. The maximum atomic E-state index is 4.62. The number of anilines is 2. The number of fused-ring (bicyclic) bond motifs is 1. The highest BCUT2D eigenvalue weighted by atomic mass is 32.1. The summed E-state index contributed by atoms with van der Waals surface area (Å²) < 4.78 is 1.86. The van der Waals surface area contributed by atoms with Gasteiger partial charge in [-0.15, -0.1) is 11.3 Å². The first kappa shape index (κ1) is 14.8. The van der Waals surface area contributed by atoms with Gasteiger partial charge in [-0.05, 0) is 23.6 Å². The van der Waals surface area contributed by atoms with Crippen LogP contribution in [0.25, 0.3) is 10.2 Å². The summed E-state index contributed by atoms with van der Waals surface area (Å²) in [5.41, 5.74) is 1.88. The van der Waals surface area contributed by atoms with Gasteiger partial charge in [0.15, 0.2) is 0 Å². The monoisotopic (exact) mass is 336 g/mol. The van der Waals surface area contributed by atoms with Crippen LogP contribution in [0.1, 0.15) is 18.4 Å². The molecule has 0 saturated carbocycles. The molecule has 0 amide bonds. The summed E-state index contributed by atoms with van der Waals surface area (Å²) in [4.78, 5) is 14.5. The van der Waals surface area contributed by atoms with E-state index in [2.05, 4.69) is 32.3 Å². The summed E-state index contributed by atoms with van der Waals surface area (Å²) in [5, 5.41) is 10.8. The molecule has 24 heavy (non-hydrogen) atoms. The average Bonchev–Trinajstić information content (AvgIpc) is 3.25. The van der Waals surface area contributed by atoms with Gasteiger partial charge in [-0.1, -0.05) is 13.0 Å². The van der Waals surface area contributed by atoms with E-state index in [1.165, 1.54) is 0 Å². The first-order valence-electron chi connectivity index (χ1n) is 7.75. The quantitative estimate of drug-likeness (QED) is 0.602. The standard InChI is InChI=1S/C17H16N6S/c1-2-15-21-16(14-6-8-24-17(14)22-15)20-13-9-19-23(11-13)10-12-5-3-4-7-18-12/h3-9,11H,2,10H2,1H3,(H,20,21,22). The lowest BCUT2D eigenvalue weighted by atomic mass is 10.3. The lowest BCUT2D eigenvalue weighted by Gasteiger charge is -2.06. The van der Waals surface area contributed by atoms with Gasteiger partial charge in [0, 0.05) is 18.8 Å². The minimum atomic E-state index is 0.639. The van der Waals surface area contributed by atoms with Gasteiger partial charge in [-0.2, -0.15) is 5.10 Å². The number of thiophene rings is 1. The van der Waals surface area contributed by atoms with Crippen molar-refractivity contribution in [2.75, 3.05) is 5.32 Å². The number of nitrogens with one attached hydrogen (secondary N) is 1. The Labute approximate surface area is 143 Å². The maximum Gasteiger partial charge on any atom is 0.142 e. The summed E-state index contributed by atoms with van der Waals surface area (Å²) in [6.07, 6.45) is 6.36. The third-order valence-corrected chi connectivity index (χ3v) is 4.44. The van der Waals surface area contributed by atoms with E-state index in [1.807, 2.05) is 40.5 Å². The van der Waals surface area contributed by atoms with E-state index in [0.717, 1.165) is 39.7 Å². The van der Waals surface area contributed by atoms with Gasteiger partial charge in [-0.3, -0.25) is 9.67 Å². The first-order chi connectivity index (χ1) is 11.8. The van der Waals surface area contributed by atoms with Gasteiger partial charge < -0.3 is 5.32 Å². The molecule has 4 aromatic rings. The second-order valence-electron chi connectivity index (χ2n) is 5.35. The predicted molar refractivity (Wildman–Crippen MR) is 95.6 cm³/mol. The summed E-state index contributed by atoms with van der Waals surface area (Å²) in [7, 11) is 0.